The number of carbonyl (C=O) groups is 1. The molecule has 0 atom stereocenters. The van der Waals surface area contributed by atoms with Gasteiger partial charge in [-0.2, -0.15) is 5.10 Å². The lowest BCUT2D eigenvalue weighted by atomic mass is 10.1. The summed E-state index contributed by atoms with van der Waals surface area (Å²) in [5, 5.41) is 18.1. The zero-order valence-electron chi connectivity index (χ0n) is 17.5. The molecular weight excluding hydrogens is 448 g/mol. The smallest absolute Gasteiger partial charge is 0.305 e. The molecule has 7 nitrogen and oxygen atoms in total. The van der Waals surface area contributed by atoms with E-state index in [0.29, 0.717) is 16.7 Å². The Morgan fingerprint density at radius 1 is 1.19 bits per heavy atom. The van der Waals surface area contributed by atoms with Crippen molar-refractivity contribution in [2.45, 2.75) is 13.3 Å². The Labute approximate surface area is 194 Å². The first kappa shape index (κ1) is 21.9. The maximum Gasteiger partial charge on any atom is 0.305 e. The second-order valence-corrected chi connectivity index (χ2v) is 8.49. The van der Waals surface area contributed by atoms with Crippen molar-refractivity contribution in [2.24, 2.45) is 0 Å². The summed E-state index contributed by atoms with van der Waals surface area (Å²) in [5.74, 6) is -0.131. The first-order valence-electron chi connectivity index (χ1n) is 9.87. The van der Waals surface area contributed by atoms with Crippen LogP contribution in [0.5, 0.6) is 5.75 Å². The molecule has 2 aromatic heterocycles. The molecule has 9 heteroatoms. The number of rotatable bonds is 8. The number of aliphatic carboxylic acids is 1. The van der Waals surface area contributed by atoms with E-state index in [1.165, 1.54) is 11.3 Å². The molecule has 0 aliphatic heterocycles. The van der Waals surface area contributed by atoms with Gasteiger partial charge in [0.25, 0.3) is 0 Å². The maximum absolute atomic E-state index is 11.2. The number of hydrogen-bond donors (Lipinski definition) is 2. The summed E-state index contributed by atoms with van der Waals surface area (Å²) in [6.07, 6.45) is -0.00916. The molecule has 0 aliphatic rings. The van der Waals surface area contributed by atoms with Gasteiger partial charge in [-0.1, -0.05) is 35.1 Å². The van der Waals surface area contributed by atoms with Gasteiger partial charge in [-0.05, 0) is 49.4 Å². The highest BCUT2D eigenvalue weighted by molar-refractivity contribution is 7.19. The van der Waals surface area contributed by atoms with Gasteiger partial charge in [0.1, 0.15) is 5.75 Å². The minimum Gasteiger partial charge on any atom is -0.497 e. The number of ether oxygens (including phenoxy) is 1. The van der Waals surface area contributed by atoms with Crippen molar-refractivity contribution in [3.63, 3.8) is 0 Å². The summed E-state index contributed by atoms with van der Waals surface area (Å²) in [7, 11) is 1.61. The number of aromatic nitrogens is 3. The molecule has 2 N–H and O–H groups in total. The summed E-state index contributed by atoms with van der Waals surface area (Å²) in [6, 6.07) is 17.0. The SMILES string of the molecule is COc1ccc(N(CCC(=O)O)c2nc(C)c(-c3cc(-c4ccc(Cl)cc4)n[nH]3)s2)cc1. The molecule has 0 bridgehead atoms. The monoisotopic (exact) mass is 468 g/mol. The third-order valence-electron chi connectivity index (χ3n) is 4.91. The first-order valence-corrected chi connectivity index (χ1v) is 11.1. The van der Waals surface area contributed by atoms with Crippen LogP contribution in [-0.4, -0.2) is 39.9 Å². The Bertz CT molecular complexity index is 1220. The van der Waals surface area contributed by atoms with Crippen molar-refractivity contribution in [1.82, 2.24) is 15.2 Å². The molecule has 0 radical (unpaired) electrons. The first-order chi connectivity index (χ1) is 15.4. The van der Waals surface area contributed by atoms with Gasteiger partial charge in [0.2, 0.25) is 0 Å². The number of carboxylic acids is 1. The van der Waals surface area contributed by atoms with E-state index in [-0.39, 0.29) is 6.42 Å². The minimum atomic E-state index is -0.863. The van der Waals surface area contributed by atoms with E-state index in [0.717, 1.165) is 39.0 Å². The lowest BCUT2D eigenvalue weighted by Gasteiger charge is -2.21. The highest BCUT2D eigenvalue weighted by atomic mass is 35.5. The van der Waals surface area contributed by atoms with E-state index in [1.807, 2.05) is 66.4 Å². The summed E-state index contributed by atoms with van der Waals surface area (Å²) >= 11 is 7.47. The number of nitrogens with one attached hydrogen (secondary N) is 1. The molecule has 0 saturated heterocycles. The zero-order chi connectivity index (χ0) is 22.7. The molecule has 164 valence electrons. The minimum absolute atomic E-state index is 0.00916. The molecule has 32 heavy (non-hydrogen) atoms. The van der Waals surface area contributed by atoms with Crippen molar-refractivity contribution in [1.29, 1.82) is 0 Å². The fourth-order valence-electron chi connectivity index (χ4n) is 3.26. The van der Waals surface area contributed by atoms with Crippen LogP contribution in [0.25, 0.3) is 21.8 Å². The van der Waals surface area contributed by atoms with Gasteiger partial charge in [0, 0.05) is 22.8 Å². The number of anilines is 2. The third-order valence-corrected chi connectivity index (χ3v) is 6.38. The molecule has 4 rings (SSSR count). The Balaban J connectivity index is 1.66. The number of aromatic amines is 1. The van der Waals surface area contributed by atoms with Crippen LogP contribution in [0.2, 0.25) is 5.02 Å². The third kappa shape index (κ3) is 4.76. The number of nitrogens with zero attached hydrogens (tertiary/aromatic N) is 3. The van der Waals surface area contributed by atoms with Crippen LogP contribution in [-0.2, 0) is 4.79 Å². The van der Waals surface area contributed by atoms with Crippen molar-refractivity contribution >= 4 is 39.7 Å². The zero-order valence-corrected chi connectivity index (χ0v) is 19.1. The van der Waals surface area contributed by atoms with Crippen LogP contribution in [0.3, 0.4) is 0 Å². The number of carboxylic acid groups (broad SMARTS) is 1. The summed E-state index contributed by atoms with van der Waals surface area (Å²) in [5.41, 5.74) is 4.30. The van der Waals surface area contributed by atoms with Crippen molar-refractivity contribution < 1.29 is 14.6 Å². The molecule has 4 aromatic rings. The van der Waals surface area contributed by atoms with Gasteiger partial charge < -0.3 is 14.7 Å². The maximum atomic E-state index is 11.2. The Hall–Kier alpha value is -3.36. The molecule has 0 fully saturated rings. The van der Waals surface area contributed by atoms with Crippen molar-refractivity contribution in [3.8, 4) is 27.6 Å². The fraction of sp³-hybridized carbons (Fsp3) is 0.174. The van der Waals surface area contributed by atoms with E-state index < -0.39 is 5.97 Å². The number of hydrogen-bond acceptors (Lipinski definition) is 6. The fourth-order valence-corrected chi connectivity index (χ4v) is 4.46. The highest BCUT2D eigenvalue weighted by Crippen LogP contribution is 2.38. The van der Waals surface area contributed by atoms with E-state index in [1.54, 1.807) is 7.11 Å². The number of thiazole rings is 1. The largest absolute Gasteiger partial charge is 0.497 e. The quantitative estimate of drug-likeness (QED) is 0.340. The van der Waals surface area contributed by atoms with E-state index >= 15 is 0 Å². The normalized spacial score (nSPS) is 10.8. The number of halogens is 1. The van der Waals surface area contributed by atoms with Crippen LogP contribution < -0.4 is 9.64 Å². The van der Waals surface area contributed by atoms with Gasteiger partial charge >= 0.3 is 5.97 Å². The predicted octanol–water partition coefficient (Wildman–Crippen LogP) is 5.78. The molecule has 0 saturated carbocycles. The topological polar surface area (TPSA) is 91.3 Å². The van der Waals surface area contributed by atoms with Gasteiger partial charge in [-0.25, -0.2) is 4.98 Å². The molecule has 2 aromatic carbocycles. The van der Waals surface area contributed by atoms with E-state index in [2.05, 4.69) is 10.2 Å². The van der Waals surface area contributed by atoms with E-state index in [4.69, 9.17) is 21.3 Å². The molecule has 0 amide bonds. The second kappa shape index (κ2) is 9.42. The molecular formula is C23H21ClN4O3S. The number of benzene rings is 2. The Morgan fingerprint density at radius 3 is 2.56 bits per heavy atom. The standard InChI is InChI=1S/C23H21ClN4O3S/c1-14-22(20-13-19(26-27-20)15-3-5-16(24)6-4-15)32-23(25-14)28(12-11-21(29)30)17-7-9-18(31-2)10-8-17/h3-10,13H,11-12H2,1-2H3,(H,26,27)(H,29,30). The Kier molecular flexibility index (Phi) is 6.43. The average Bonchev–Trinajstić information content (AvgIpc) is 3.41. The van der Waals surface area contributed by atoms with Crippen LogP contribution in [0.15, 0.2) is 54.6 Å². The van der Waals surface area contributed by atoms with Crippen molar-refractivity contribution in [2.75, 3.05) is 18.6 Å². The van der Waals surface area contributed by atoms with Gasteiger partial charge in [-0.15, -0.1) is 0 Å². The average molecular weight is 469 g/mol. The lowest BCUT2D eigenvalue weighted by Crippen LogP contribution is -2.20. The number of H-pyrrole nitrogens is 1. The van der Waals surface area contributed by atoms with Crippen LogP contribution >= 0.6 is 22.9 Å². The van der Waals surface area contributed by atoms with Gasteiger partial charge in [0.15, 0.2) is 5.13 Å². The second-order valence-electron chi connectivity index (χ2n) is 7.08. The van der Waals surface area contributed by atoms with Crippen LogP contribution in [0, 0.1) is 6.92 Å². The lowest BCUT2D eigenvalue weighted by molar-refractivity contribution is -0.136. The summed E-state index contributed by atoms with van der Waals surface area (Å²) < 4.78 is 5.24. The van der Waals surface area contributed by atoms with Crippen molar-refractivity contribution in [3.05, 3.63) is 65.3 Å². The van der Waals surface area contributed by atoms with E-state index in [9.17, 15) is 9.90 Å². The molecule has 0 spiro atoms. The molecule has 0 unspecified atom stereocenters. The van der Waals surface area contributed by atoms with Crippen LogP contribution in [0.4, 0.5) is 10.8 Å². The number of aryl methyl sites for hydroxylation is 1. The van der Waals surface area contributed by atoms with Gasteiger partial charge in [-0.3, -0.25) is 9.89 Å². The summed E-state index contributed by atoms with van der Waals surface area (Å²) in [4.78, 5) is 18.8. The molecule has 0 aliphatic carbocycles. The summed E-state index contributed by atoms with van der Waals surface area (Å²) in [6.45, 7) is 2.23. The van der Waals surface area contributed by atoms with Gasteiger partial charge in [0.05, 0.1) is 35.5 Å². The number of methoxy groups -OCH3 is 1. The molecule has 2 heterocycles. The Morgan fingerprint density at radius 2 is 1.91 bits per heavy atom. The van der Waals surface area contributed by atoms with Crippen LogP contribution in [0.1, 0.15) is 12.1 Å². The predicted molar refractivity (Wildman–Crippen MR) is 127 cm³/mol. The highest BCUT2D eigenvalue weighted by Gasteiger charge is 2.19.